The lowest BCUT2D eigenvalue weighted by atomic mass is 10.1. The zero-order valence-corrected chi connectivity index (χ0v) is 10.6. The van der Waals surface area contributed by atoms with Crippen LogP contribution in [0.1, 0.15) is 24.4 Å². The van der Waals surface area contributed by atoms with Crippen LogP contribution in [0.5, 0.6) is 0 Å². The number of hydrogen-bond donors (Lipinski definition) is 2. The van der Waals surface area contributed by atoms with Gasteiger partial charge in [0.1, 0.15) is 6.04 Å². The molecule has 0 radical (unpaired) electrons. The van der Waals surface area contributed by atoms with Gasteiger partial charge in [-0.2, -0.15) is 11.8 Å². The summed E-state index contributed by atoms with van der Waals surface area (Å²) in [6.07, 6.45) is 2.46. The van der Waals surface area contributed by atoms with Crippen molar-refractivity contribution in [1.82, 2.24) is 5.32 Å². The van der Waals surface area contributed by atoms with E-state index in [0.29, 0.717) is 5.25 Å². The summed E-state index contributed by atoms with van der Waals surface area (Å²) in [6.45, 7) is 0.740. The molecule has 1 fully saturated rings. The van der Waals surface area contributed by atoms with Gasteiger partial charge < -0.3 is 11.1 Å². The van der Waals surface area contributed by atoms with Gasteiger partial charge in [-0.15, -0.1) is 0 Å². The molecule has 1 saturated heterocycles. The lowest BCUT2D eigenvalue weighted by Crippen LogP contribution is -2.37. The first kappa shape index (κ1) is 12.5. The van der Waals surface area contributed by atoms with Crippen LogP contribution >= 0.6 is 11.8 Å². The molecule has 17 heavy (non-hydrogen) atoms. The maximum absolute atomic E-state index is 11.9. The van der Waals surface area contributed by atoms with Crippen molar-refractivity contribution in [3.63, 3.8) is 0 Å². The highest BCUT2D eigenvalue weighted by Crippen LogP contribution is 2.25. The highest BCUT2D eigenvalue weighted by Gasteiger charge is 2.19. The van der Waals surface area contributed by atoms with Gasteiger partial charge in [0.15, 0.2) is 0 Å². The minimum atomic E-state index is -0.553. The molecular formula is C13H18N2OS. The lowest BCUT2D eigenvalue weighted by molar-refractivity contribution is -0.122. The zero-order valence-electron chi connectivity index (χ0n) is 9.76. The number of carbonyl (C=O) groups excluding carboxylic acids is 1. The van der Waals surface area contributed by atoms with Crippen LogP contribution in [0.4, 0.5) is 0 Å². The fraction of sp³-hybridized carbons (Fsp3) is 0.462. The predicted molar refractivity (Wildman–Crippen MR) is 71.9 cm³/mol. The Morgan fingerprint density at radius 1 is 1.47 bits per heavy atom. The van der Waals surface area contributed by atoms with Gasteiger partial charge in [0.2, 0.25) is 5.91 Å². The van der Waals surface area contributed by atoms with Crippen LogP contribution in [0.2, 0.25) is 0 Å². The number of nitrogens with two attached hydrogens (primary N) is 1. The van der Waals surface area contributed by atoms with E-state index >= 15 is 0 Å². The van der Waals surface area contributed by atoms with Crippen LogP contribution in [0.15, 0.2) is 30.3 Å². The van der Waals surface area contributed by atoms with Crippen molar-refractivity contribution < 1.29 is 4.79 Å². The van der Waals surface area contributed by atoms with Crippen molar-refractivity contribution in [2.75, 3.05) is 12.3 Å². The fourth-order valence-electron chi connectivity index (χ4n) is 1.94. The van der Waals surface area contributed by atoms with Crippen molar-refractivity contribution in [1.29, 1.82) is 0 Å². The summed E-state index contributed by atoms with van der Waals surface area (Å²) in [4.78, 5) is 11.9. The molecule has 0 saturated carbocycles. The van der Waals surface area contributed by atoms with Gasteiger partial charge in [0, 0.05) is 11.8 Å². The maximum Gasteiger partial charge on any atom is 0.241 e. The van der Waals surface area contributed by atoms with Gasteiger partial charge in [-0.05, 0) is 24.2 Å². The van der Waals surface area contributed by atoms with Gasteiger partial charge in [-0.25, -0.2) is 0 Å². The van der Waals surface area contributed by atoms with Crippen LogP contribution in [-0.2, 0) is 4.79 Å². The molecule has 2 rings (SSSR count). The lowest BCUT2D eigenvalue weighted by Gasteiger charge is -2.14. The molecule has 1 aromatic carbocycles. The molecule has 0 aromatic heterocycles. The Kier molecular flexibility index (Phi) is 4.45. The molecule has 4 heteroatoms. The van der Waals surface area contributed by atoms with Crippen LogP contribution in [-0.4, -0.2) is 23.5 Å². The minimum Gasteiger partial charge on any atom is -0.353 e. The summed E-state index contributed by atoms with van der Waals surface area (Å²) in [5.74, 6) is 1.13. The molecule has 3 nitrogen and oxygen atoms in total. The summed E-state index contributed by atoms with van der Waals surface area (Å²) in [5, 5.41) is 3.51. The van der Waals surface area contributed by atoms with Crippen LogP contribution in [0, 0.1) is 0 Å². The van der Waals surface area contributed by atoms with Crippen molar-refractivity contribution >= 4 is 17.7 Å². The number of thioether (sulfide) groups is 1. The normalized spacial score (nSPS) is 21.1. The Hall–Kier alpha value is -1.00. The molecule has 1 unspecified atom stereocenters. The first-order valence-electron chi connectivity index (χ1n) is 5.97. The third kappa shape index (κ3) is 3.48. The molecule has 1 aliphatic rings. The van der Waals surface area contributed by atoms with Gasteiger partial charge in [0.05, 0.1) is 0 Å². The van der Waals surface area contributed by atoms with E-state index < -0.39 is 6.04 Å². The summed E-state index contributed by atoms with van der Waals surface area (Å²) >= 11 is 1.94. The van der Waals surface area contributed by atoms with E-state index in [2.05, 4.69) is 5.32 Å². The third-order valence-corrected chi connectivity index (χ3v) is 4.37. The number of benzene rings is 1. The quantitative estimate of drug-likeness (QED) is 0.855. The van der Waals surface area contributed by atoms with Crippen LogP contribution < -0.4 is 11.1 Å². The summed E-state index contributed by atoms with van der Waals surface area (Å²) < 4.78 is 0. The maximum atomic E-state index is 11.9. The molecule has 1 aromatic rings. The molecule has 0 spiro atoms. The van der Waals surface area contributed by atoms with E-state index in [1.165, 1.54) is 18.6 Å². The molecular weight excluding hydrogens is 232 g/mol. The molecule has 1 aliphatic heterocycles. The van der Waals surface area contributed by atoms with Crippen LogP contribution in [0.25, 0.3) is 0 Å². The smallest absolute Gasteiger partial charge is 0.241 e. The molecule has 1 heterocycles. The fourth-order valence-corrected chi connectivity index (χ4v) is 3.14. The molecule has 0 aliphatic carbocycles. The second kappa shape index (κ2) is 6.07. The number of nitrogens with one attached hydrogen (secondary N) is 1. The predicted octanol–water partition coefficient (Wildman–Crippen LogP) is 1.70. The van der Waals surface area contributed by atoms with Gasteiger partial charge in [-0.1, -0.05) is 30.3 Å². The molecule has 3 N–H and O–H groups in total. The van der Waals surface area contributed by atoms with Gasteiger partial charge in [0.25, 0.3) is 0 Å². The van der Waals surface area contributed by atoms with Crippen LogP contribution in [0.3, 0.4) is 0 Å². The third-order valence-electron chi connectivity index (χ3n) is 2.97. The monoisotopic (exact) mass is 250 g/mol. The first-order chi connectivity index (χ1) is 8.27. The van der Waals surface area contributed by atoms with E-state index in [1.807, 2.05) is 42.1 Å². The topological polar surface area (TPSA) is 55.1 Å². The van der Waals surface area contributed by atoms with E-state index in [-0.39, 0.29) is 5.91 Å². The molecule has 92 valence electrons. The Morgan fingerprint density at radius 3 is 2.88 bits per heavy atom. The first-order valence-corrected chi connectivity index (χ1v) is 7.02. The highest BCUT2D eigenvalue weighted by atomic mass is 32.2. The Bertz CT molecular complexity index is 363. The van der Waals surface area contributed by atoms with Crippen molar-refractivity contribution in [3.8, 4) is 0 Å². The number of carbonyl (C=O) groups is 1. The van der Waals surface area contributed by atoms with Gasteiger partial charge >= 0.3 is 0 Å². The van der Waals surface area contributed by atoms with Gasteiger partial charge in [-0.3, -0.25) is 4.79 Å². The Morgan fingerprint density at radius 2 is 2.24 bits per heavy atom. The molecule has 1 amide bonds. The van der Waals surface area contributed by atoms with E-state index in [4.69, 9.17) is 5.73 Å². The summed E-state index contributed by atoms with van der Waals surface area (Å²) in [7, 11) is 0. The number of rotatable bonds is 4. The number of hydrogen-bond acceptors (Lipinski definition) is 3. The second-order valence-corrected chi connectivity index (χ2v) is 5.68. The Balaban J connectivity index is 1.83. The molecule has 0 bridgehead atoms. The highest BCUT2D eigenvalue weighted by molar-refractivity contribution is 8.00. The standard InChI is InChI=1S/C13H18N2OS/c14-12(10-5-2-1-3-6-10)13(16)15-9-11-7-4-8-17-11/h1-3,5-6,11-12H,4,7-9,14H2,(H,15,16)/t11?,12-/m0/s1. The van der Waals surface area contributed by atoms with E-state index in [1.54, 1.807) is 0 Å². The minimum absolute atomic E-state index is 0.0799. The molecule has 2 atom stereocenters. The second-order valence-electron chi connectivity index (χ2n) is 4.27. The SMILES string of the molecule is N[C@H](C(=O)NCC1CCCS1)c1ccccc1. The van der Waals surface area contributed by atoms with E-state index in [9.17, 15) is 4.79 Å². The van der Waals surface area contributed by atoms with Crippen molar-refractivity contribution in [3.05, 3.63) is 35.9 Å². The average Bonchev–Trinajstić information content (AvgIpc) is 2.89. The summed E-state index contributed by atoms with van der Waals surface area (Å²) in [5.41, 5.74) is 6.77. The van der Waals surface area contributed by atoms with Crippen molar-refractivity contribution in [2.24, 2.45) is 5.73 Å². The zero-order chi connectivity index (χ0) is 12.1. The largest absolute Gasteiger partial charge is 0.353 e. The van der Waals surface area contributed by atoms with Crippen molar-refractivity contribution in [2.45, 2.75) is 24.1 Å². The summed E-state index contributed by atoms with van der Waals surface area (Å²) in [6, 6.07) is 8.93. The van der Waals surface area contributed by atoms with E-state index in [0.717, 1.165) is 12.1 Å². The Labute approximate surface area is 106 Å². The average molecular weight is 250 g/mol. The number of amides is 1.